The minimum Gasteiger partial charge on any atom is -0.481 e. The number of pyridine rings is 2. The molecule has 1 N–H and O–H groups in total. The highest BCUT2D eigenvalue weighted by Crippen LogP contribution is 2.32. The fraction of sp³-hybridized carbons (Fsp3) is 0.519. The summed E-state index contributed by atoms with van der Waals surface area (Å²) in [6, 6.07) is 5.60. The standard InChI is InChI=1S/C27H34N6O4S.ClH/c1-32(26(34)22-9-5-11-37-22)17-20-13-19-7-4-10-33(24(19)31-25(20)36-2)27(35)30-23-14-18(8-6-12-38-3)21(15-28)16-29-23;/h13-14,16,22H,4-12,17H2,1-3H3,(H,29,30,35);1H/t22-;/m0./s1. The largest absolute Gasteiger partial charge is 0.481 e. The van der Waals surface area contributed by atoms with Gasteiger partial charge in [-0.1, -0.05) is 0 Å². The number of halogens is 1. The van der Waals surface area contributed by atoms with Crippen molar-refractivity contribution in [2.75, 3.05) is 49.5 Å². The number of fused-ring (bicyclic) bond motifs is 1. The number of hydrogen-bond donors (Lipinski definition) is 1. The predicted molar refractivity (Wildman–Crippen MR) is 154 cm³/mol. The van der Waals surface area contributed by atoms with Gasteiger partial charge in [-0.15, -0.1) is 12.4 Å². The van der Waals surface area contributed by atoms with Crippen molar-refractivity contribution in [1.29, 1.82) is 5.26 Å². The van der Waals surface area contributed by atoms with Gasteiger partial charge in [0.25, 0.3) is 5.91 Å². The Morgan fingerprint density at radius 3 is 2.85 bits per heavy atom. The first-order valence-corrected chi connectivity index (χ1v) is 14.2. The highest BCUT2D eigenvalue weighted by Gasteiger charge is 2.29. The molecule has 1 saturated heterocycles. The average Bonchev–Trinajstić information content (AvgIpc) is 3.47. The van der Waals surface area contributed by atoms with E-state index in [4.69, 9.17) is 9.47 Å². The number of nitrogens with one attached hydrogen (secondary N) is 1. The van der Waals surface area contributed by atoms with E-state index in [1.54, 1.807) is 34.7 Å². The number of carbonyl (C=O) groups excluding carboxylic acids is 2. The molecule has 10 nitrogen and oxygen atoms in total. The van der Waals surface area contributed by atoms with E-state index in [0.29, 0.717) is 42.8 Å². The zero-order chi connectivity index (χ0) is 27.1. The van der Waals surface area contributed by atoms with Crippen LogP contribution in [0.15, 0.2) is 18.3 Å². The fourth-order valence-corrected chi connectivity index (χ4v) is 5.26. The SMILES string of the molecule is COc1nc2c(cc1CN(C)C(=O)[C@@H]1CCCO1)CCCN2C(=O)Nc1cc(CCCSC)c(C#N)cn1.Cl. The number of aromatic nitrogens is 2. The number of aryl methyl sites for hydroxylation is 2. The molecule has 39 heavy (non-hydrogen) atoms. The number of carbonyl (C=O) groups is 2. The van der Waals surface area contributed by atoms with E-state index in [1.165, 1.54) is 13.3 Å². The van der Waals surface area contributed by atoms with Crippen molar-refractivity contribution in [1.82, 2.24) is 14.9 Å². The Morgan fingerprint density at radius 2 is 2.15 bits per heavy atom. The highest BCUT2D eigenvalue weighted by atomic mass is 35.5. The van der Waals surface area contributed by atoms with E-state index in [1.807, 2.05) is 6.07 Å². The van der Waals surface area contributed by atoms with Crippen LogP contribution in [0.3, 0.4) is 0 Å². The van der Waals surface area contributed by atoms with Crippen LogP contribution in [0.4, 0.5) is 16.4 Å². The van der Waals surface area contributed by atoms with Crippen LogP contribution in [0, 0.1) is 11.3 Å². The van der Waals surface area contributed by atoms with Crippen molar-refractivity contribution in [3.8, 4) is 11.9 Å². The second-order valence-electron chi connectivity index (χ2n) is 9.46. The molecule has 0 bridgehead atoms. The third-order valence-corrected chi connectivity index (χ3v) is 7.47. The first-order chi connectivity index (χ1) is 18.4. The molecule has 0 unspecified atom stereocenters. The van der Waals surface area contributed by atoms with Gasteiger partial charge in [-0.05, 0) is 73.8 Å². The lowest BCUT2D eigenvalue weighted by atomic mass is 10.0. The normalized spacial score (nSPS) is 16.1. The van der Waals surface area contributed by atoms with Gasteiger partial charge < -0.3 is 14.4 Å². The molecule has 2 aromatic heterocycles. The molecule has 0 radical (unpaired) electrons. The Labute approximate surface area is 239 Å². The third kappa shape index (κ3) is 7.32. The van der Waals surface area contributed by atoms with Gasteiger partial charge in [-0.2, -0.15) is 22.0 Å². The van der Waals surface area contributed by atoms with E-state index in [2.05, 4.69) is 27.6 Å². The number of rotatable bonds is 9. The van der Waals surface area contributed by atoms with E-state index >= 15 is 0 Å². The van der Waals surface area contributed by atoms with Crippen molar-refractivity contribution in [3.63, 3.8) is 0 Å². The Balaban J connectivity index is 0.00000420. The third-order valence-electron chi connectivity index (χ3n) is 6.77. The number of amides is 3. The Hall–Kier alpha value is -3.07. The molecule has 3 amide bonds. The van der Waals surface area contributed by atoms with E-state index in [-0.39, 0.29) is 24.3 Å². The summed E-state index contributed by atoms with van der Waals surface area (Å²) >= 11 is 1.76. The van der Waals surface area contributed by atoms with Crippen molar-refractivity contribution < 1.29 is 19.1 Å². The topological polar surface area (TPSA) is 121 Å². The minimum absolute atomic E-state index is 0. The van der Waals surface area contributed by atoms with Crippen LogP contribution >= 0.6 is 24.2 Å². The van der Waals surface area contributed by atoms with Crippen LogP contribution in [-0.2, 0) is 28.9 Å². The van der Waals surface area contributed by atoms with E-state index < -0.39 is 6.10 Å². The monoisotopic (exact) mass is 574 g/mol. The summed E-state index contributed by atoms with van der Waals surface area (Å²) in [7, 11) is 3.29. The number of nitriles is 1. The number of urea groups is 1. The lowest BCUT2D eigenvalue weighted by Crippen LogP contribution is -2.40. The van der Waals surface area contributed by atoms with Crippen molar-refractivity contribution >= 4 is 47.7 Å². The first-order valence-electron chi connectivity index (χ1n) is 12.8. The highest BCUT2D eigenvalue weighted by molar-refractivity contribution is 7.98. The predicted octanol–water partition coefficient (Wildman–Crippen LogP) is 4.20. The van der Waals surface area contributed by atoms with Gasteiger partial charge >= 0.3 is 6.03 Å². The Kier molecular flexibility index (Phi) is 11.2. The van der Waals surface area contributed by atoms with Gasteiger partial charge in [0, 0.05) is 32.0 Å². The zero-order valence-corrected chi connectivity index (χ0v) is 24.2. The maximum absolute atomic E-state index is 13.3. The van der Waals surface area contributed by atoms with Crippen LogP contribution < -0.4 is 15.0 Å². The Bertz CT molecular complexity index is 1220. The molecule has 2 aliphatic rings. The Morgan fingerprint density at radius 1 is 1.33 bits per heavy atom. The smallest absolute Gasteiger partial charge is 0.328 e. The number of hydrogen-bond acceptors (Lipinski definition) is 8. The second-order valence-corrected chi connectivity index (χ2v) is 10.4. The lowest BCUT2D eigenvalue weighted by molar-refractivity contribution is -0.140. The van der Waals surface area contributed by atoms with Gasteiger partial charge in [-0.3, -0.25) is 15.0 Å². The van der Waals surface area contributed by atoms with Crippen LogP contribution in [0.5, 0.6) is 5.88 Å². The van der Waals surface area contributed by atoms with E-state index in [9.17, 15) is 14.9 Å². The van der Waals surface area contributed by atoms with Gasteiger partial charge in [0.05, 0.1) is 19.2 Å². The van der Waals surface area contributed by atoms with Crippen LogP contribution in [0.25, 0.3) is 0 Å². The molecule has 210 valence electrons. The molecule has 0 saturated carbocycles. The van der Waals surface area contributed by atoms with Gasteiger partial charge in [0.15, 0.2) is 0 Å². The van der Waals surface area contributed by atoms with Crippen LogP contribution in [0.1, 0.15) is 47.9 Å². The summed E-state index contributed by atoms with van der Waals surface area (Å²) in [5.41, 5.74) is 3.10. The van der Waals surface area contributed by atoms with Crippen LogP contribution in [0.2, 0.25) is 0 Å². The molecule has 1 atom stereocenters. The lowest BCUT2D eigenvalue weighted by Gasteiger charge is -2.30. The summed E-state index contributed by atoms with van der Waals surface area (Å²) in [5, 5.41) is 12.3. The molecule has 4 heterocycles. The molecule has 0 aliphatic carbocycles. The number of methoxy groups -OCH3 is 1. The van der Waals surface area contributed by atoms with Crippen molar-refractivity contribution in [2.24, 2.45) is 0 Å². The summed E-state index contributed by atoms with van der Waals surface area (Å²) in [6.45, 7) is 1.45. The maximum Gasteiger partial charge on any atom is 0.328 e. The molecular formula is C27H35ClN6O4S. The van der Waals surface area contributed by atoms with Gasteiger partial charge in [0.2, 0.25) is 5.88 Å². The van der Waals surface area contributed by atoms with Crippen molar-refractivity contribution in [3.05, 3.63) is 40.6 Å². The van der Waals surface area contributed by atoms with Crippen LogP contribution in [-0.4, -0.2) is 72.2 Å². The molecule has 12 heteroatoms. The summed E-state index contributed by atoms with van der Waals surface area (Å²) in [6.07, 6.45) is 8.02. The van der Waals surface area contributed by atoms with Crippen molar-refractivity contribution in [2.45, 2.75) is 51.2 Å². The molecule has 1 fully saturated rings. The number of ether oxygens (including phenoxy) is 2. The number of thioether (sulfide) groups is 1. The molecule has 2 aromatic rings. The minimum atomic E-state index is -0.391. The summed E-state index contributed by atoms with van der Waals surface area (Å²) in [4.78, 5) is 38.3. The number of anilines is 2. The maximum atomic E-state index is 13.3. The zero-order valence-electron chi connectivity index (χ0n) is 22.6. The summed E-state index contributed by atoms with van der Waals surface area (Å²) in [5.74, 6) is 2.26. The average molecular weight is 575 g/mol. The second kappa shape index (κ2) is 14.4. The fourth-order valence-electron chi connectivity index (χ4n) is 4.82. The quantitative estimate of drug-likeness (QED) is 0.442. The molecule has 0 aromatic carbocycles. The first kappa shape index (κ1) is 30.5. The molecule has 2 aliphatic heterocycles. The van der Waals surface area contributed by atoms with E-state index in [0.717, 1.165) is 61.0 Å². The molecule has 4 rings (SSSR count). The number of nitrogens with zero attached hydrogens (tertiary/aromatic N) is 5. The van der Waals surface area contributed by atoms with Gasteiger partial charge in [0.1, 0.15) is 23.8 Å². The van der Waals surface area contributed by atoms with Gasteiger partial charge in [-0.25, -0.2) is 9.78 Å². The molecule has 0 spiro atoms. The number of likely N-dealkylation sites (N-methyl/N-ethyl adjacent to an activating group) is 1. The summed E-state index contributed by atoms with van der Waals surface area (Å²) < 4.78 is 11.1. The molecular weight excluding hydrogens is 540 g/mol.